The van der Waals surface area contributed by atoms with Crippen LogP contribution < -0.4 is 16.8 Å². The number of guanidine groups is 1. The van der Waals surface area contributed by atoms with Gasteiger partial charge in [0.2, 0.25) is 5.91 Å². The summed E-state index contributed by atoms with van der Waals surface area (Å²) in [6, 6.07) is -0.416. The van der Waals surface area contributed by atoms with E-state index in [1.165, 1.54) is 44.9 Å². The zero-order chi connectivity index (χ0) is 19.6. The van der Waals surface area contributed by atoms with Gasteiger partial charge in [-0.2, -0.15) is 0 Å². The van der Waals surface area contributed by atoms with Crippen LogP contribution in [0.3, 0.4) is 0 Å². The molecule has 0 aromatic carbocycles. The number of amides is 1. The van der Waals surface area contributed by atoms with E-state index in [2.05, 4.69) is 17.2 Å². The third-order valence-electron chi connectivity index (χ3n) is 4.53. The van der Waals surface area contributed by atoms with E-state index in [0.29, 0.717) is 32.2 Å². The van der Waals surface area contributed by atoms with Gasteiger partial charge in [-0.3, -0.25) is 14.6 Å². The highest BCUT2D eigenvalue weighted by molar-refractivity contribution is 5.88. The first-order valence-electron chi connectivity index (χ1n) is 10.4. The molecule has 0 saturated carbocycles. The zero-order valence-corrected chi connectivity index (χ0v) is 16.9. The standard InChI is InChI=1S/C20H40N4O2/c1-3-5-6-7-8-9-10-11-12-15-19(26)24-17(18(25)4-2)14-13-16-23-20(21)22/h17H,3-16H2,1-2H3,(H,24,26)(H4,21,22,23). The molecule has 26 heavy (non-hydrogen) atoms. The molecule has 0 aromatic heterocycles. The average molecular weight is 369 g/mol. The first-order chi connectivity index (χ1) is 12.5. The first kappa shape index (κ1) is 24.4. The maximum atomic E-state index is 12.1. The number of hydrogen-bond donors (Lipinski definition) is 3. The van der Waals surface area contributed by atoms with Crippen LogP contribution in [-0.4, -0.2) is 30.2 Å². The predicted molar refractivity (Wildman–Crippen MR) is 109 cm³/mol. The molecule has 0 rings (SSSR count). The summed E-state index contributed by atoms with van der Waals surface area (Å²) in [7, 11) is 0. The lowest BCUT2D eigenvalue weighted by Gasteiger charge is -2.16. The molecule has 1 amide bonds. The van der Waals surface area contributed by atoms with Gasteiger partial charge in [-0.25, -0.2) is 0 Å². The number of hydrogen-bond acceptors (Lipinski definition) is 3. The van der Waals surface area contributed by atoms with E-state index in [4.69, 9.17) is 11.5 Å². The number of ketones is 1. The quantitative estimate of drug-likeness (QED) is 0.207. The molecule has 152 valence electrons. The fraction of sp³-hybridized carbons (Fsp3) is 0.850. The van der Waals surface area contributed by atoms with Crippen molar-refractivity contribution in [3.8, 4) is 0 Å². The Morgan fingerprint density at radius 1 is 0.885 bits per heavy atom. The molecule has 1 atom stereocenters. The summed E-state index contributed by atoms with van der Waals surface area (Å²) >= 11 is 0. The Morgan fingerprint density at radius 3 is 2.00 bits per heavy atom. The van der Waals surface area contributed by atoms with Gasteiger partial charge in [0.05, 0.1) is 6.04 Å². The second kappa shape index (κ2) is 16.9. The number of aliphatic imine (C=N–C) groups is 1. The highest BCUT2D eigenvalue weighted by atomic mass is 16.2. The van der Waals surface area contributed by atoms with Crippen molar-refractivity contribution < 1.29 is 9.59 Å². The Labute approximate surface area is 159 Å². The lowest BCUT2D eigenvalue weighted by Crippen LogP contribution is -2.40. The smallest absolute Gasteiger partial charge is 0.220 e. The Bertz CT molecular complexity index is 407. The highest BCUT2D eigenvalue weighted by Gasteiger charge is 2.18. The molecule has 0 spiro atoms. The molecule has 0 aliphatic rings. The summed E-state index contributed by atoms with van der Waals surface area (Å²) in [5.74, 6) is 0.0921. The highest BCUT2D eigenvalue weighted by Crippen LogP contribution is 2.11. The molecule has 6 nitrogen and oxygen atoms in total. The summed E-state index contributed by atoms with van der Waals surface area (Å²) in [5.41, 5.74) is 10.6. The molecule has 6 heteroatoms. The maximum Gasteiger partial charge on any atom is 0.220 e. The van der Waals surface area contributed by atoms with Crippen LogP contribution in [0.1, 0.15) is 97.3 Å². The maximum absolute atomic E-state index is 12.1. The van der Waals surface area contributed by atoms with E-state index < -0.39 is 6.04 Å². The number of nitrogens with zero attached hydrogens (tertiary/aromatic N) is 1. The van der Waals surface area contributed by atoms with Crippen LogP contribution in [0.5, 0.6) is 0 Å². The van der Waals surface area contributed by atoms with Crippen molar-refractivity contribution in [3.05, 3.63) is 0 Å². The fourth-order valence-corrected chi connectivity index (χ4v) is 2.93. The molecule has 0 saturated heterocycles. The van der Waals surface area contributed by atoms with E-state index >= 15 is 0 Å². The number of carbonyl (C=O) groups is 2. The van der Waals surface area contributed by atoms with E-state index in [9.17, 15) is 9.59 Å². The Hall–Kier alpha value is -1.59. The number of Topliss-reactive ketones (excluding diaryl/α,β-unsaturated/α-hetero) is 1. The van der Waals surface area contributed by atoms with Gasteiger partial charge >= 0.3 is 0 Å². The molecular weight excluding hydrogens is 328 g/mol. The summed E-state index contributed by atoms with van der Waals surface area (Å²) in [4.78, 5) is 28.0. The SMILES string of the molecule is CCCCCCCCCCCC(=O)NC(CCCN=C(N)N)C(=O)CC. The summed E-state index contributed by atoms with van der Waals surface area (Å²) in [6.07, 6.45) is 13.2. The minimum Gasteiger partial charge on any atom is -0.370 e. The zero-order valence-electron chi connectivity index (χ0n) is 16.9. The van der Waals surface area contributed by atoms with Crippen LogP contribution in [-0.2, 0) is 9.59 Å². The molecule has 0 fully saturated rings. The van der Waals surface area contributed by atoms with E-state index in [1.807, 2.05) is 6.92 Å². The number of carbonyl (C=O) groups excluding carboxylic acids is 2. The third kappa shape index (κ3) is 14.7. The average Bonchev–Trinajstić information content (AvgIpc) is 2.62. The molecule has 0 bridgehead atoms. The van der Waals surface area contributed by atoms with Crippen LogP contribution in [0.25, 0.3) is 0 Å². The molecule has 0 radical (unpaired) electrons. The molecule has 0 heterocycles. The Balaban J connectivity index is 3.88. The molecule has 5 N–H and O–H groups in total. The van der Waals surface area contributed by atoms with Gasteiger partial charge in [-0.05, 0) is 19.3 Å². The Morgan fingerprint density at radius 2 is 1.46 bits per heavy atom. The van der Waals surface area contributed by atoms with E-state index in [1.54, 1.807) is 0 Å². The van der Waals surface area contributed by atoms with Gasteiger partial charge in [0.1, 0.15) is 0 Å². The third-order valence-corrected chi connectivity index (χ3v) is 4.53. The number of rotatable bonds is 17. The second-order valence-electron chi connectivity index (χ2n) is 6.97. The number of unbranched alkanes of at least 4 members (excludes halogenated alkanes) is 8. The number of nitrogens with two attached hydrogens (primary N) is 2. The van der Waals surface area contributed by atoms with Crippen molar-refractivity contribution in [2.45, 2.75) is 103 Å². The second-order valence-corrected chi connectivity index (χ2v) is 6.97. The van der Waals surface area contributed by atoms with Gasteiger partial charge in [0.25, 0.3) is 0 Å². The lowest BCUT2D eigenvalue weighted by molar-refractivity contribution is -0.127. The minimum absolute atomic E-state index is 0.0263. The van der Waals surface area contributed by atoms with Crippen molar-refractivity contribution in [1.82, 2.24) is 5.32 Å². The van der Waals surface area contributed by atoms with E-state index in [-0.39, 0.29) is 17.6 Å². The number of nitrogens with one attached hydrogen (secondary N) is 1. The van der Waals surface area contributed by atoms with Gasteiger partial charge in [0, 0.05) is 19.4 Å². The normalized spacial score (nSPS) is 11.8. The van der Waals surface area contributed by atoms with Gasteiger partial charge in [0.15, 0.2) is 11.7 Å². The van der Waals surface area contributed by atoms with Crippen molar-refractivity contribution in [1.29, 1.82) is 0 Å². The molecule has 0 aliphatic heterocycles. The van der Waals surface area contributed by atoms with E-state index in [0.717, 1.165) is 12.8 Å². The van der Waals surface area contributed by atoms with Crippen LogP contribution in [0.2, 0.25) is 0 Å². The molecule has 0 aliphatic carbocycles. The first-order valence-corrected chi connectivity index (χ1v) is 10.4. The largest absolute Gasteiger partial charge is 0.370 e. The van der Waals surface area contributed by atoms with Crippen molar-refractivity contribution in [2.75, 3.05) is 6.54 Å². The van der Waals surface area contributed by atoms with Gasteiger partial charge in [-0.1, -0.05) is 65.2 Å². The van der Waals surface area contributed by atoms with Gasteiger partial charge < -0.3 is 16.8 Å². The van der Waals surface area contributed by atoms with Crippen LogP contribution in [0.4, 0.5) is 0 Å². The monoisotopic (exact) mass is 368 g/mol. The Kier molecular flexibility index (Phi) is 15.8. The fourth-order valence-electron chi connectivity index (χ4n) is 2.93. The van der Waals surface area contributed by atoms with Crippen molar-refractivity contribution in [3.63, 3.8) is 0 Å². The van der Waals surface area contributed by atoms with Crippen molar-refractivity contribution >= 4 is 17.6 Å². The van der Waals surface area contributed by atoms with Crippen LogP contribution >= 0.6 is 0 Å². The molecule has 0 aromatic rings. The topological polar surface area (TPSA) is 111 Å². The molecular formula is C20H40N4O2. The summed E-state index contributed by atoms with van der Waals surface area (Å²) < 4.78 is 0. The summed E-state index contributed by atoms with van der Waals surface area (Å²) in [5, 5.41) is 2.88. The lowest BCUT2D eigenvalue weighted by atomic mass is 10.0. The minimum atomic E-state index is -0.416. The predicted octanol–water partition coefficient (Wildman–Crippen LogP) is 3.42. The van der Waals surface area contributed by atoms with Crippen LogP contribution in [0.15, 0.2) is 4.99 Å². The molecule has 1 unspecified atom stereocenters. The van der Waals surface area contributed by atoms with Crippen LogP contribution in [0, 0.1) is 0 Å². The summed E-state index contributed by atoms with van der Waals surface area (Å²) in [6.45, 7) is 4.52. The van der Waals surface area contributed by atoms with Gasteiger partial charge in [-0.15, -0.1) is 0 Å². The van der Waals surface area contributed by atoms with Crippen molar-refractivity contribution in [2.24, 2.45) is 16.5 Å².